The maximum Gasteiger partial charge on any atom is 0.416 e. The van der Waals surface area contributed by atoms with E-state index in [4.69, 9.17) is 5.73 Å². The Morgan fingerprint density at radius 2 is 2.05 bits per heavy atom. The van der Waals surface area contributed by atoms with Crippen LogP contribution in [0.25, 0.3) is 0 Å². The molecule has 0 spiro atoms. The number of rotatable bonds is 3. The molecule has 1 atom stereocenters. The molecule has 20 heavy (non-hydrogen) atoms. The summed E-state index contributed by atoms with van der Waals surface area (Å²) in [5.74, 6) is 0. The van der Waals surface area contributed by atoms with E-state index in [2.05, 4.69) is 11.8 Å². The Morgan fingerprint density at radius 1 is 1.30 bits per heavy atom. The predicted molar refractivity (Wildman–Crippen MR) is 74.6 cm³/mol. The summed E-state index contributed by atoms with van der Waals surface area (Å²) in [6.45, 7) is 2.83. The molecule has 1 fully saturated rings. The minimum atomic E-state index is -4.35. The molecular weight excluding hydrogens is 265 g/mol. The summed E-state index contributed by atoms with van der Waals surface area (Å²) in [6.07, 6.45) is -0.142. The van der Waals surface area contributed by atoms with Crippen molar-refractivity contribution < 1.29 is 13.2 Å². The van der Waals surface area contributed by atoms with Gasteiger partial charge in [0.2, 0.25) is 0 Å². The van der Waals surface area contributed by atoms with E-state index in [1.807, 2.05) is 0 Å². The Labute approximate surface area is 117 Å². The minimum absolute atomic E-state index is 0.0909. The molecule has 1 unspecified atom stereocenters. The van der Waals surface area contributed by atoms with Crippen LogP contribution in [0.1, 0.15) is 43.7 Å². The van der Waals surface area contributed by atoms with E-state index in [1.165, 1.54) is 12.1 Å². The molecule has 0 amide bonds. The van der Waals surface area contributed by atoms with Gasteiger partial charge in [-0.25, -0.2) is 0 Å². The number of benzene rings is 1. The first-order chi connectivity index (χ1) is 9.47. The number of piperidine rings is 1. The quantitative estimate of drug-likeness (QED) is 0.912. The second-order valence-electron chi connectivity index (χ2n) is 5.29. The van der Waals surface area contributed by atoms with Crippen molar-refractivity contribution >= 4 is 5.69 Å². The van der Waals surface area contributed by atoms with E-state index < -0.39 is 11.7 Å². The van der Waals surface area contributed by atoms with Crippen LogP contribution in [0.15, 0.2) is 18.2 Å². The van der Waals surface area contributed by atoms with Gasteiger partial charge in [-0.05, 0) is 43.4 Å². The van der Waals surface area contributed by atoms with E-state index in [-0.39, 0.29) is 12.1 Å². The standard InChI is InChI=1S/C15H21F3N2/c1-2-12-5-3-4-8-20(12)13-7-6-11(10-19)14(9-13)15(16,17)18/h6-7,9,12H,2-5,8,10,19H2,1H3. The van der Waals surface area contributed by atoms with E-state index in [0.29, 0.717) is 11.7 Å². The van der Waals surface area contributed by atoms with Crippen LogP contribution in [-0.2, 0) is 12.7 Å². The third kappa shape index (κ3) is 3.08. The van der Waals surface area contributed by atoms with Gasteiger partial charge < -0.3 is 10.6 Å². The van der Waals surface area contributed by atoms with Gasteiger partial charge in [-0.15, -0.1) is 0 Å². The topological polar surface area (TPSA) is 29.3 Å². The molecule has 0 radical (unpaired) electrons. The molecule has 1 aromatic carbocycles. The van der Waals surface area contributed by atoms with Crippen LogP contribution >= 0.6 is 0 Å². The number of halogens is 3. The average molecular weight is 286 g/mol. The number of alkyl halides is 3. The van der Waals surface area contributed by atoms with Crippen LogP contribution in [0.4, 0.5) is 18.9 Å². The van der Waals surface area contributed by atoms with Crippen molar-refractivity contribution in [1.29, 1.82) is 0 Å². The van der Waals surface area contributed by atoms with Crippen LogP contribution in [0, 0.1) is 0 Å². The van der Waals surface area contributed by atoms with Gasteiger partial charge >= 0.3 is 6.18 Å². The van der Waals surface area contributed by atoms with Crippen molar-refractivity contribution in [2.45, 2.75) is 51.4 Å². The Bertz CT molecular complexity index is 457. The van der Waals surface area contributed by atoms with Crippen molar-refractivity contribution in [2.75, 3.05) is 11.4 Å². The Hall–Kier alpha value is -1.23. The van der Waals surface area contributed by atoms with Gasteiger partial charge in [0, 0.05) is 24.8 Å². The number of hydrogen-bond donors (Lipinski definition) is 1. The molecule has 1 heterocycles. The lowest BCUT2D eigenvalue weighted by molar-refractivity contribution is -0.138. The highest BCUT2D eigenvalue weighted by molar-refractivity contribution is 5.53. The fraction of sp³-hybridized carbons (Fsp3) is 0.600. The number of anilines is 1. The smallest absolute Gasteiger partial charge is 0.369 e. The highest BCUT2D eigenvalue weighted by atomic mass is 19.4. The molecule has 0 aliphatic carbocycles. The van der Waals surface area contributed by atoms with Crippen molar-refractivity contribution in [3.8, 4) is 0 Å². The summed E-state index contributed by atoms with van der Waals surface area (Å²) >= 11 is 0. The lowest BCUT2D eigenvalue weighted by Gasteiger charge is -2.37. The van der Waals surface area contributed by atoms with E-state index in [0.717, 1.165) is 32.2 Å². The van der Waals surface area contributed by atoms with Crippen LogP contribution in [0.2, 0.25) is 0 Å². The maximum absolute atomic E-state index is 13.1. The number of hydrogen-bond acceptors (Lipinski definition) is 2. The van der Waals surface area contributed by atoms with Crippen molar-refractivity contribution in [2.24, 2.45) is 5.73 Å². The van der Waals surface area contributed by atoms with E-state index in [1.54, 1.807) is 6.07 Å². The molecule has 1 aliphatic rings. The first kappa shape index (κ1) is 15.2. The summed E-state index contributed by atoms with van der Waals surface area (Å²) in [5, 5.41) is 0. The third-order valence-electron chi connectivity index (χ3n) is 4.05. The molecule has 2 rings (SSSR count). The third-order valence-corrected chi connectivity index (χ3v) is 4.05. The monoisotopic (exact) mass is 286 g/mol. The molecule has 0 aromatic heterocycles. The van der Waals surface area contributed by atoms with Gasteiger partial charge in [-0.3, -0.25) is 0 Å². The van der Waals surface area contributed by atoms with Gasteiger partial charge in [-0.1, -0.05) is 13.0 Å². The summed E-state index contributed by atoms with van der Waals surface area (Å²) in [5.41, 5.74) is 5.64. The van der Waals surface area contributed by atoms with Crippen LogP contribution < -0.4 is 10.6 Å². The van der Waals surface area contributed by atoms with Gasteiger partial charge in [0.15, 0.2) is 0 Å². The van der Waals surface area contributed by atoms with Crippen molar-refractivity contribution in [1.82, 2.24) is 0 Å². The van der Waals surface area contributed by atoms with Crippen molar-refractivity contribution in [3.63, 3.8) is 0 Å². The molecule has 5 heteroatoms. The molecule has 0 saturated carbocycles. The van der Waals surface area contributed by atoms with Crippen LogP contribution in [-0.4, -0.2) is 12.6 Å². The Morgan fingerprint density at radius 3 is 2.65 bits per heavy atom. The SMILES string of the molecule is CCC1CCCCN1c1ccc(CN)c(C(F)(F)F)c1. The van der Waals surface area contributed by atoms with Gasteiger partial charge in [0.1, 0.15) is 0 Å². The fourth-order valence-electron chi connectivity index (χ4n) is 2.95. The van der Waals surface area contributed by atoms with Gasteiger partial charge in [0.25, 0.3) is 0 Å². The predicted octanol–water partition coefficient (Wildman–Crippen LogP) is 3.93. The zero-order valence-electron chi connectivity index (χ0n) is 11.7. The average Bonchev–Trinajstić information content (AvgIpc) is 2.45. The van der Waals surface area contributed by atoms with Crippen LogP contribution in [0.5, 0.6) is 0 Å². The lowest BCUT2D eigenvalue weighted by atomic mass is 9.97. The molecule has 2 nitrogen and oxygen atoms in total. The molecule has 0 bridgehead atoms. The molecule has 2 N–H and O–H groups in total. The van der Waals surface area contributed by atoms with Crippen LogP contribution in [0.3, 0.4) is 0 Å². The fourth-order valence-corrected chi connectivity index (χ4v) is 2.95. The molecular formula is C15H21F3N2. The summed E-state index contributed by atoms with van der Waals surface area (Å²) in [6, 6.07) is 4.88. The van der Waals surface area contributed by atoms with E-state index >= 15 is 0 Å². The van der Waals surface area contributed by atoms with E-state index in [9.17, 15) is 13.2 Å². The molecule has 1 saturated heterocycles. The minimum Gasteiger partial charge on any atom is -0.369 e. The molecule has 1 aromatic rings. The summed E-state index contributed by atoms with van der Waals surface area (Å²) in [7, 11) is 0. The first-order valence-corrected chi connectivity index (χ1v) is 7.14. The second kappa shape index (κ2) is 6.04. The van der Waals surface area contributed by atoms with Crippen molar-refractivity contribution in [3.05, 3.63) is 29.3 Å². The molecule has 1 aliphatic heterocycles. The number of nitrogens with zero attached hydrogens (tertiary/aromatic N) is 1. The summed E-state index contributed by atoms with van der Waals surface area (Å²) in [4.78, 5) is 2.11. The second-order valence-corrected chi connectivity index (χ2v) is 5.29. The Balaban J connectivity index is 2.37. The highest BCUT2D eigenvalue weighted by Crippen LogP contribution is 2.36. The normalized spacial score (nSPS) is 20.2. The largest absolute Gasteiger partial charge is 0.416 e. The zero-order chi connectivity index (χ0) is 14.8. The molecule has 112 valence electrons. The van der Waals surface area contributed by atoms with Gasteiger partial charge in [-0.2, -0.15) is 13.2 Å². The van der Waals surface area contributed by atoms with Gasteiger partial charge in [0.05, 0.1) is 5.56 Å². The maximum atomic E-state index is 13.1. The zero-order valence-corrected chi connectivity index (χ0v) is 11.7. The Kier molecular flexibility index (Phi) is 4.58. The lowest BCUT2D eigenvalue weighted by Crippen LogP contribution is -2.39. The highest BCUT2D eigenvalue weighted by Gasteiger charge is 2.34. The number of nitrogens with two attached hydrogens (primary N) is 1. The first-order valence-electron chi connectivity index (χ1n) is 7.14. The summed E-state index contributed by atoms with van der Waals surface area (Å²) < 4.78 is 39.3.